The summed E-state index contributed by atoms with van der Waals surface area (Å²) in [6.07, 6.45) is 4.26. The normalized spacial score (nSPS) is 17.8. The van der Waals surface area contributed by atoms with Crippen LogP contribution in [0.3, 0.4) is 0 Å². The predicted octanol–water partition coefficient (Wildman–Crippen LogP) is 2.28. The molecule has 5 rings (SSSR count). The number of benzene rings is 1. The Morgan fingerprint density at radius 2 is 1.76 bits per heavy atom. The van der Waals surface area contributed by atoms with Crippen molar-refractivity contribution in [2.45, 2.75) is 38.1 Å². The van der Waals surface area contributed by atoms with E-state index in [1.54, 1.807) is 22.4 Å². The van der Waals surface area contributed by atoms with Crippen LogP contribution < -0.4 is 16.0 Å². The summed E-state index contributed by atoms with van der Waals surface area (Å²) in [5.41, 5.74) is 1.76. The number of piperidine rings is 1. The number of hydrogen-bond donors (Lipinski definition) is 0. The standard InChI is InChI=1S/C22H25N5O2/c1-25-21(29)17-4-2-3-5-19(17)23-22(25)26-12-10-15(11-13-26)14-27-20(28)9-8-18(24-27)16-6-7-16/h2-5,8-9,15-16H,6-7,10-14H2,1H3. The van der Waals surface area contributed by atoms with Gasteiger partial charge in [-0.1, -0.05) is 12.1 Å². The molecule has 0 N–H and O–H groups in total. The van der Waals surface area contributed by atoms with Crippen LogP contribution in [-0.2, 0) is 13.6 Å². The number of rotatable bonds is 4. The van der Waals surface area contributed by atoms with E-state index in [1.165, 1.54) is 12.8 Å². The summed E-state index contributed by atoms with van der Waals surface area (Å²) in [5.74, 6) is 1.67. The van der Waals surface area contributed by atoms with Gasteiger partial charge >= 0.3 is 0 Å². The zero-order valence-electron chi connectivity index (χ0n) is 16.6. The molecule has 0 atom stereocenters. The van der Waals surface area contributed by atoms with Crippen molar-refractivity contribution in [1.82, 2.24) is 19.3 Å². The molecule has 29 heavy (non-hydrogen) atoms. The van der Waals surface area contributed by atoms with Crippen LogP contribution in [0.2, 0.25) is 0 Å². The Bertz CT molecular complexity index is 1170. The van der Waals surface area contributed by atoms with E-state index < -0.39 is 0 Å². The van der Waals surface area contributed by atoms with E-state index in [1.807, 2.05) is 30.3 Å². The summed E-state index contributed by atoms with van der Waals surface area (Å²) in [6.45, 7) is 2.30. The molecular weight excluding hydrogens is 366 g/mol. The molecule has 1 aliphatic heterocycles. The summed E-state index contributed by atoms with van der Waals surface area (Å²) in [6, 6.07) is 11.0. The molecule has 3 heterocycles. The third kappa shape index (κ3) is 3.45. The van der Waals surface area contributed by atoms with Crippen LogP contribution in [-0.4, -0.2) is 32.4 Å². The lowest BCUT2D eigenvalue weighted by Crippen LogP contribution is -2.40. The van der Waals surface area contributed by atoms with Crippen molar-refractivity contribution in [2.24, 2.45) is 13.0 Å². The van der Waals surface area contributed by atoms with Crippen molar-refractivity contribution in [3.8, 4) is 0 Å². The first-order valence-corrected chi connectivity index (χ1v) is 10.4. The third-order valence-electron chi connectivity index (χ3n) is 6.17. The largest absolute Gasteiger partial charge is 0.342 e. The lowest BCUT2D eigenvalue weighted by Gasteiger charge is -2.33. The molecular formula is C22H25N5O2. The predicted molar refractivity (Wildman–Crippen MR) is 112 cm³/mol. The molecule has 0 bridgehead atoms. The molecule has 2 aromatic heterocycles. The summed E-state index contributed by atoms with van der Waals surface area (Å²) in [7, 11) is 1.79. The Morgan fingerprint density at radius 1 is 1.00 bits per heavy atom. The molecule has 0 amide bonds. The fraction of sp³-hybridized carbons (Fsp3) is 0.455. The fourth-order valence-corrected chi connectivity index (χ4v) is 4.24. The van der Waals surface area contributed by atoms with Gasteiger partial charge in [0.15, 0.2) is 0 Å². The highest BCUT2D eigenvalue weighted by molar-refractivity contribution is 5.78. The molecule has 2 aliphatic rings. The van der Waals surface area contributed by atoms with Crippen molar-refractivity contribution in [3.05, 3.63) is 62.8 Å². The molecule has 1 aliphatic carbocycles. The zero-order chi connectivity index (χ0) is 20.0. The SMILES string of the molecule is Cn1c(N2CCC(Cn3nc(C4CC4)ccc3=O)CC2)nc2ccccc2c1=O. The molecule has 0 radical (unpaired) electrons. The van der Waals surface area contributed by atoms with Crippen molar-refractivity contribution < 1.29 is 0 Å². The molecule has 7 heteroatoms. The number of fused-ring (bicyclic) bond motifs is 1. The van der Waals surface area contributed by atoms with E-state index in [4.69, 9.17) is 4.98 Å². The van der Waals surface area contributed by atoms with E-state index in [-0.39, 0.29) is 11.1 Å². The molecule has 2 fully saturated rings. The van der Waals surface area contributed by atoms with Crippen molar-refractivity contribution >= 4 is 16.9 Å². The number of para-hydroxylation sites is 1. The number of nitrogens with zero attached hydrogens (tertiary/aromatic N) is 5. The number of aromatic nitrogens is 4. The maximum Gasteiger partial charge on any atom is 0.266 e. The maximum atomic E-state index is 12.7. The Balaban J connectivity index is 1.32. The van der Waals surface area contributed by atoms with Gasteiger partial charge in [0.25, 0.3) is 11.1 Å². The average molecular weight is 391 g/mol. The van der Waals surface area contributed by atoms with Gasteiger partial charge in [0.05, 0.1) is 16.6 Å². The summed E-state index contributed by atoms with van der Waals surface area (Å²) in [4.78, 5) is 31.8. The van der Waals surface area contributed by atoms with Crippen LogP contribution in [0.15, 0.2) is 46.0 Å². The molecule has 0 unspecified atom stereocenters. The smallest absolute Gasteiger partial charge is 0.266 e. The van der Waals surface area contributed by atoms with Gasteiger partial charge in [-0.15, -0.1) is 0 Å². The first-order valence-electron chi connectivity index (χ1n) is 10.4. The van der Waals surface area contributed by atoms with Gasteiger partial charge in [-0.25, -0.2) is 9.67 Å². The first-order chi connectivity index (χ1) is 14.1. The van der Waals surface area contributed by atoms with Gasteiger partial charge in [-0.3, -0.25) is 14.2 Å². The van der Waals surface area contributed by atoms with E-state index in [0.717, 1.165) is 43.1 Å². The van der Waals surface area contributed by atoms with Gasteiger partial charge in [0.2, 0.25) is 5.95 Å². The molecule has 150 valence electrons. The minimum atomic E-state index is -0.0181. The molecule has 7 nitrogen and oxygen atoms in total. The summed E-state index contributed by atoms with van der Waals surface area (Å²) >= 11 is 0. The Labute approximate surface area is 168 Å². The third-order valence-corrected chi connectivity index (χ3v) is 6.17. The highest BCUT2D eigenvalue weighted by atomic mass is 16.1. The molecule has 1 saturated heterocycles. The lowest BCUT2D eigenvalue weighted by molar-refractivity contribution is 0.331. The Hall–Kier alpha value is -2.96. The lowest BCUT2D eigenvalue weighted by atomic mass is 9.97. The molecule has 1 aromatic carbocycles. The van der Waals surface area contributed by atoms with Crippen LogP contribution in [0.4, 0.5) is 5.95 Å². The second kappa shape index (κ2) is 7.13. The summed E-state index contributed by atoms with van der Waals surface area (Å²) < 4.78 is 3.30. The Kier molecular flexibility index (Phi) is 4.45. The van der Waals surface area contributed by atoms with Crippen LogP contribution in [0.25, 0.3) is 10.9 Å². The highest BCUT2D eigenvalue weighted by Gasteiger charge is 2.27. The van der Waals surface area contributed by atoms with Gasteiger partial charge in [-0.2, -0.15) is 5.10 Å². The summed E-state index contributed by atoms with van der Waals surface area (Å²) in [5, 5.41) is 5.25. The number of anilines is 1. The second-order valence-electron chi connectivity index (χ2n) is 8.28. The molecule has 0 spiro atoms. The van der Waals surface area contributed by atoms with Crippen LogP contribution >= 0.6 is 0 Å². The van der Waals surface area contributed by atoms with Gasteiger partial charge in [0.1, 0.15) is 0 Å². The van der Waals surface area contributed by atoms with Gasteiger partial charge < -0.3 is 4.90 Å². The van der Waals surface area contributed by atoms with E-state index >= 15 is 0 Å². The van der Waals surface area contributed by atoms with Crippen molar-refractivity contribution in [2.75, 3.05) is 18.0 Å². The zero-order valence-corrected chi connectivity index (χ0v) is 16.6. The number of hydrogen-bond acceptors (Lipinski definition) is 5. The molecule has 1 saturated carbocycles. The average Bonchev–Trinajstić information content (AvgIpc) is 3.58. The monoisotopic (exact) mass is 391 g/mol. The maximum absolute atomic E-state index is 12.7. The van der Waals surface area contributed by atoms with Gasteiger partial charge in [0, 0.05) is 38.7 Å². The van der Waals surface area contributed by atoms with E-state index in [9.17, 15) is 9.59 Å². The minimum absolute atomic E-state index is 0.0135. The minimum Gasteiger partial charge on any atom is -0.342 e. The van der Waals surface area contributed by atoms with Crippen molar-refractivity contribution in [1.29, 1.82) is 0 Å². The quantitative estimate of drug-likeness (QED) is 0.682. The second-order valence-corrected chi connectivity index (χ2v) is 8.28. The highest BCUT2D eigenvalue weighted by Crippen LogP contribution is 2.38. The first kappa shape index (κ1) is 18.1. The van der Waals surface area contributed by atoms with Crippen molar-refractivity contribution in [3.63, 3.8) is 0 Å². The van der Waals surface area contributed by atoms with Gasteiger partial charge in [-0.05, 0) is 49.8 Å². The topological polar surface area (TPSA) is 73.0 Å². The van der Waals surface area contributed by atoms with Crippen LogP contribution in [0.1, 0.15) is 37.3 Å². The molecule has 3 aromatic rings. The fourth-order valence-electron chi connectivity index (χ4n) is 4.24. The van der Waals surface area contributed by atoms with Crippen LogP contribution in [0, 0.1) is 5.92 Å². The van der Waals surface area contributed by atoms with E-state index in [0.29, 0.717) is 23.8 Å². The van der Waals surface area contributed by atoms with Crippen LogP contribution in [0.5, 0.6) is 0 Å². The Morgan fingerprint density at radius 3 is 2.52 bits per heavy atom. The van der Waals surface area contributed by atoms with E-state index in [2.05, 4.69) is 10.00 Å².